The maximum Gasteiger partial charge on any atom is 0.315 e. The molecule has 1 aliphatic rings. The summed E-state index contributed by atoms with van der Waals surface area (Å²) in [6.07, 6.45) is 4.60. The molecule has 0 aromatic carbocycles. The Labute approximate surface area is 128 Å². The van der Waals surface area contributed by atoms with Gasteiger partial charge in [0.1, 0.15) is 0 Å². The maximum absolute atomic E-state index is 12.0. The van der Waals surface area contributed by atoms with Crippen molar-refractivity contribution in [1.29, 1.82) is 0 Å². The summed E-state index contributed by atoms with van der Waals surface area (Å²) < 4.78 is 0. The molecule has 0 radical (unpaired) electrons. The lowest BCUT2D eigenvalue weighted by Gasteiger charge is -2.32. The van der Waals surface area contributed by atoms with E-state index in [-0.39, 0.29) is 30.1 Å². The highest BCUT2D eigenvalue weighted by Gasteiger charge is 2.23. The molecule has 1 saturated heterocycles. The number of rotatable bonds is 6. The van der Waals surface area contributed by atoms with Crippen LogP contribution in [0.4, 0.5) is 4.79 Å². The zero-order valence-electron chi connectivity index (χ0n) is 13.7. The highest BCUT2D eigenvalue weighted by molar-refractivity contribution is 5.74. The Morgan fingerprint density at radius 1 is 1.43 bits per heavy atom. The van der Waals surface area contributed by atoms with Gasteiger partial charge in [0.25, 0.3) is 0 Å². The Morgan fingerprint density at radius 3 is 2.52 bits per heavy atom. The van der Waals surface area contributed by atoms with E-state index in [0.29, 0.717) is 0 Å². The summed E-state index contributed by atoms with van der Waals surface area (Å²) in [7, 11) is 0. The summed E-state index contributed by atoms with van der Waals surface area (Å²) in [5.41, 5.74) is 0.0801. The molecule has 1 atom stereocenters. The van der Waals surface area contributed by atoms with Crippen LogP contribution in [0.15, 0.2) is 12.7 Å². The lowest BCUT2D eigenvalue weighted by Crippen LogP contribution is -2.51. The summed E-state index contributed by atoms with van der Waals surface area (Å²) in [5, 5.41) is 15.3. The number of hydrogen-bond acceptors (Lipinski definition) is 3. The summed E-state index contributed by atoms with van der Waals surface area (Å²) >= 11 is 0. The van der Waals surface area contributed by atoms with Gasteiger partial charge in [-0.3, -0.25) is 4.90 Å². The van der Waals surface area contributed by atoms with Crippen molar-refractivity contribution in [2.75, 3.05) is 26.2 Å². The average molecular weight is 297 g/mol. The number of aliphatic hydroxyl groups excluding tert-OH is 1. The number of aliphatic hydroxyl groups is 1. The largest absolute Gasteiger partial charge is 0.394 e. The van der Waals surface area contributed by atoms with Crippen molar-refractivity contribution in [3.05, 3.63) is 12.7 Å². The van der Waals surface area contributed by atoms with Gasteiger partial charge in [-0.2, -0.15) is 0 Å². The molecule has 0 spiro atoms. The highest BCUT2D eigenvalue weighted by Crippen LogP contribution is 2.20. The third-order valence-corrected chi connectivity index (χ3v) is 3.72. The monoisotopic (exact) mass is 297 g/mol. The lowest BCUT2D eigenvalue weighted by atomic mass is 9.88. The molecule has 5 heteroatoms. The van der Waals surface area contributed by atoms with E-state index < -0.39 is 0 Å². The predicted octanol–water partition coefficient (Wildman–Crippen LogP) is 1.73. The molecule has 1 aliphatic heterocycles. The lowest BCUT2D eigenvalue weighted by molar-refractivity contribution is 0.181. The van der Waals surface area contributed by atoms with Gasteiger partial charge in [0, 0.05) is 25.7 Å². The normalized spacial score (nSPS) is 19.0. The Bertz CT molecular complexity index is 331. The Morgan fingerprint density at radius 2 is 2.05 bits per heavy atom. The zero-order valence-corrected chi connectivity index (χ0v) is 13.7. The second kappa shape index (κ2) is 8.39. The number of likely N-dealkylation sites (tertiary alicyclic amines) is 1. The van der Waals surface area contributed by atoms with Crippen LogP contribution in [-0.2, 0) is 0 Å². The number of amides is 2. The third kappa shape index (κ3) is 7.48. The van der Waals surface area contributed by atoms with Crippen LogP contribution in [0.2, 0.25) is 0 Å². The Hall–Kier alpha value is -1.07. The van der Waals surface area contributed by atoms with Crippen LogP contribution in [0.5, 0.6) is 0 Å². The van der Waals surface area contributed by atoms with Crippen LogP contribution < -0.4 is 10.6 Å². The second-order valence-electron chi connectivity index (χ2n) is 7.13. The summed E-state index contributed by atoms with van der Waals surface area (Å²) in [4.78, 5) is 14.3. The summed E-state index contributed by atoms with van der Waals surface area (Å²) in [5.74, 6) is 0. The fraction of sp³-hybridized carbons (Fsp3) is 0.812. The molecule has 3 N–H and O–H groups in total. The molecule has 0 saturated carbocycles. The van der Waals surface area contributed by atoms with Crippen molar-refractivity contribution in [2.45, 2.75) is 52.1 Å². The number of carbonyl (C=O) groups excluding carboxylic acids is 1. The van der Waals surface area contributed by atoms with Gasteiger partial charge in [0.15, 0.2) is 0 Å². The summed E-state index contributed by atoms with van der Waals surface area (Å²) in [6.45, 7) is 12.9. The zero-order chi connectivity index (χ0) is 15.9. The van der Waals surface area contributed by atoms with E-state index in [2.05, 4.69) is 42.9 Å². The van der Waals surface area contributed by atoms with E-state index in [1.165, 1.54) is 0 Å². The van der Waals surface area contributed by atoms with Gasteiger partial charge in [-0.05, 0) is 24.7 Å². The van der Waals surface area contributed by atoms with Crippen molar-refractivity contribution in [2.24, 2.45) is 5.41 Å². The number of hydrogen-bond donors (Lipinski definition) is 3. The molecular weight excluding hydrogens is 266 g/mol. The van der Waals surface area contributed by atoms with E-state index >= 15 is 0 Å². The van der Waals surface area contributed by atoms with Crippen LogP contribution in [0.25, 0.3) is 0 Å². The minimum atomic E-state index is -0.189. The molecule has 0 aromatic rings. The first-order valence-electron chi connectivity index (χ1n) is 7.85. The van der Waals surface area contributed by atoms with Crippen molar-refractivity contribution >= 4 is 6.03 Å². The molecule has 1 rings (SSSR count). The molecule has 0 aromatic heterocycles. The first-order chi connectivity index (χ1) is 9.84. The minimum absolute atomic E-state index is 0.0253. The summed E-state index contributed by atoms with van der Waals surface area (Å²) in [6, 6.07) is -0.133. The molecule has 5 nitrogen and oxygen atoms in total. The van der Waals surface area contributed by atoms with Crippen LogP contribution in [0.1, 0.15) is 40.0 Å². The average Bonchev–Trinajstić information content (AvgIpc) is 2.39. The van der Waals surface area contributed by atoms with Crippen molar-refractivity contribution in [1.82, 2.24) is 15.5 Å². The first-order valence-corrected chi connectivity index (χ1v) is 7.85. The standard InChI is InChI=1S/C16H31N3O2/c1-5-8-19-9-6-13(7-10-19)17-15(21)18-14(12-20)11-16(2,3)4/h5,13-14,20H,1,6-12H2,2-4H3,(H2,17,18,21). The van der Waals surface area contributed by atoms with Crippen molar-refractivity contribution < 1.29 is 9.90 Å². The van der Waals surface area contributed by atoms with Gasteiger partial charge in [0.05, 0.1) is 12.6 Å². The van der Waals surface area contributed by atoms with Gasteiger partial charge >= 0.3 is 6.03 Å². The Balaban J connectivity index is 2.31. The number of urea groups is 1. The van der Waals surface area contributed by atoms with E-state index in [1.54, 1.807) is 0 Å². The molecule has 0 bridgehead atoms. The van der Waals surface area contributed by atoms with Gasteiger partial charge in [-0.15, -0.1) is 6.58 Å². The number of carbonyl (C=O) groups is 1. The van der Waals surface area contributed by atoms with E-state index in [0.717, 1.165) is 38.9 Å². The van der Waals surface area contributed by atoms with Gasteiger partial charge in [0.2, 0.25) is 0 Å². The fourth-order valence-corrected chi connectivity index (χ4v) is 2.76. The van der Waals surface area contributed by atoms with Gasteiger partial charge in [-0.25, -0.2) is 4.79 Å². The van der Waals surface area contributed by atoms with Crippen LogP contribution in [-0.4, -0.2) is 54.4 Å². The molecule has 1 unspecified atom stereocenters. The smallest absolute Gasteiger partial charge is 0.315 e. The van der Waals surface area contributed by atoms with E-state index in [1.807, 2.05) is 6.08 Å². The minimum Gasteiger partial charge on any atom is -0.394 e. The highest BCUT2D eigenvalue weighted by atomic mass is 16.3. The van der Waals surface area contributed by atoms with Crippen LogP contribution in [0.3, 0.4) is 0 Å². The molecule has 21 heavy (non-hydrogen) atoms. The van der Waals surface area contributed by atoms with Crippen LogP contribution in [0, 0.1) is 5.41 Å². The van der Waals surface area contributed by atoms with Gasteiger partial charge in [-0.1, -0.05) is 26.8 Å². The molecule has 1 fully saturated rings. The molecule has 0 aliphatic carbocycles. The van der Waals surface area contributed by atoms with Crippen molar-refractivity contribution in [3.63, 3.8) is 0 Å². The fourth-order valence-electron chi connectivity index (χ4n) is 2.76. The first kappa shape index (κ1) is 18.0. The maximum atomic E-state index is 12.0. The predicted molar refractivity (Wildman–Crippen MR) is 86.3 cm³/mol. The number of nitrogens with one attached hydrogen (secondary N) is 2. The molecule has 122 valence electrons. The van der Waals surface area contributed by atoms with E-state index in [4.69, 9.17) is 0 Å². The quantitative estimate of drug-likeness (QED) is 0.654. The van der Waals surface area contributed by atoms with Crippen molar-refractivity contribution in [3.8, 4) is 0 Å². The molecular formula is C16H31N3O2. The Kier molecular flexibility index (Phi) is 7.18. The SMILES string of the molecule is C=CCN1CCC(NC(=O)NC(CO)CC(C)(C)C)CC1. The third-order valence-electron chi connectivity index (χ3n) is 3.72. The molecule has 1 heterocycles. The van der Waals surface area contributed by atoms with Crippen LogP contribution >= 0.6 is 0 Å². The number of nitrogens with zero attached hydrogens (tertiary/aromatic N) is 1. The number of piperidine rings is 1. The second-order valence-corrected chi connectivity index (χ2v) is 7.13. The van der Waals surface area contributed by atoms with Gasteiger partial charge < -0.3 is 15.7 Å². The van der Waals surface area contributed by atoms with E-state index in [9.17, 15) is 9.90 Å². The molecule has 2 amide bonds. The topological polar surface area (TPSA) is 64.6 Å².